The van der Waals surface area contributed by atoms with E-state index in [4.69, 9.17) is 4.42 Å². The molecule has 3 heterocycles. The zero-order valence-corrected chi connectivity index (χ0v) is 18.3. The van der Waals surface area contributed by atoms with Crippen molar-refractivity contribution in [3.63, 3.8) is 0 Å². The molecule has 164 valence electrons. The van der Waals surface area contributed by atoms with Gasteiger partial charge >= 0.3 is 0 Å². The maximum Gasteiger partial charge on any atom is 0.249 e. The summed E-state index contributed by atoms with van der Waals surface area (Å²) in [5.41, 5.74) is 4.71. The van der Waals surface area contributed by atoms with Gasteiger partial charge in [0, 0.05) is 50.2 Å². The fraction of sp³-hybridized carbons (Fsp3) is 0.320. The molecular weight excluding hydrogens is 402 g/mol. The zero-order chi connectivity index (χ0) is 21.9. The maximum atomic E-state index is 12.6. The molecule has 2 aromatic heterocycles. The van der Waals surface area contributed by atoms with Crippen LogP contribution in [0.2, 0.25) is 0 Å². The molecular formula is C25H27N5O2. The number of para-hydroxylation sites is 1. The predicted molar refractivity (Wildman–Crippen MR) is 123 cm³/mol. The van der Waals surface area contributed by atoms with Gasteiger partial charge in [0.25, 0.3) is 0 Å². The number of carbonyl (C=O) groups excluding carboxylic acids is 1. The Hall–Kier alpha value is -3.45. The van der Waals surface area contributed by atoms with Crippen LogP contribution in [0.1, 0.15) is 23.4 Å². The summed E-state index contributed by atoms with van der Waals surface area (Å²) in [5.74, 6) is 0.996. The molecule has 0 radical (unpaired) electrons. The molecule has 0 atom stereocenters. The molecule has 0 spiro atoms. The van der Waals surface area contributed by atoms with Crippen molar-refractivity contribution in [1.29, 1.82) is 0 Å². The molecule has 1 amide bonds. The molecule has 2 aromatic carbocycles. The minimum absolute atomic E-state index is 0.00278. The second-order valence-electron chi connectivity index (χ2n) is 8.31. The molecule has 0 aliphatic carbocycles. The predicted octanol–water partition coefficient (Wildman–Crippen LogP) is 3.56. The third-order valence-corrected chi connectivity index (χ3v) is 6.04. The van der Waals surface area contributed by atoms with Crippen molar-refractivity contribution in [2.75, 3.05) is 19.6 Å². The number of fused-ring (bicyclic) bond motifs is 2. The number of amides is 1. The van der Waals surface area contributed by atoms with Crippen molar-refractivity contribution in [2.24, 2.45) is 0 Å². The Bertz CT molecular complexity index is 1240. The van der Waals surface area contributed by atoms with E-state index < -0.39 is 0 Å². The van der Waals surface area contributed by atoms with E-state index in [0.29, 0.717) is 18.3 Å². The number of rotatable bonds is 7. The molecule has 0 unspecified atom stereocenters. The Kier molecular flexibility index (Phi) is 5.73. The van der Waals surface area contributed by atoms with Crippen LogP contribution >= 0.6 is 0 Å². The lowest BCUT2D eigenvalue weighted by atomic mass is 10.00. The first-order chi connectivity index (χ1) is 15.7. The normalized spacial score (nSPS) is 13.9. The Morgan fingerprint density at radius 2 is 1.91 bits per heavy atom. The number of hydrogen-bond acceptors (Lipinski definition) is 5. The van der Waals surface area contributed by atoms with E-state index in [2.05, 4.69) is 44.7 Å². The van der Waals surface area contributed by atoms with Crippen molar-refractivity contribution in [3.05, 3.63) is 71.7 Å². The summed E-state index contributed by atoms with van der Waals surface area (Å²) in [7, 11) is 0. The van der Waals surface area contributed by atoms with Crippen molar-refractivity contribution < 1.29 is 9.21 Å². The van der Waals surface area contributed by atoms with Crippen molar-refractivity contribution in [3.8, 4) is 11.5 Å². The molecule has 32 heavy (non-hydrogen) atoms. The molecule has 1 N–H and O–H groups in total. The lowest BCUT2D eigenvalue weighted by Crippen LogP contribution is -2.34. The Morgan fingerprint density at radius 1 is 1.09 bits per heavy atom. The van der Waals surface area contributed by atoms with E-state index in [1.165, 1.54) is 11.1 Å². The molecule has 1 aliphatic heterocycles. The number of hydrogen-bond donors (Lipinski definition) is 1. The summed E-state index contributed by atoms with van der Waals surface area (Å²) < 4.78 is 7.56. The number of aromatic nitrogens is 3. The molecule has 1 aliphatic rings. The van der Waals surface area contributed by atoms with Gasteiger partial charge in [-0.1, -0.05) is 42.5 Å². The van der Waals surface area contributed by atoms with Gasteiger partial charge in [-0.05, 0) is 30.0 Å². The van der Waals surface area contributed by atoms with E-state index in [9.17, 15) is 4.79 Å². The quantitative estimate of drug-likeness (QED) is 0.455. The first-order valence-electron chi connectivity index (χ1n) is 11.1. The van der Waals surface area contributed by atoms with Gasteiger partial charge in [-0.25, -0.2) is 0 Å². The average Bonchev–Trinajstić information content (AvgIpc) is 3.40. The average molecular weight is 430 g/mol. The topological polar surface area (TPSA) is 76.2 Å². The fourth-order valence-electron chi connectivity index (χ4n) is 4.44. The molecule has 7 heteroatoms. The Morgan fingerprint density at radius 3 is 2.75 bits per heavy atom. The number of carbonyl (C=O) groups is 1. The standard InChI is InChI=1S/C25H27N5O2/c1-18-27-28-25(32-18)22-16-30(23-10-5-4-9-21(22)23)17-24(31)26-12-6-13-29-14-11-19-7-2-3-8-20(19)15-29/h2-5,7-10,16H,6,11-15,17H2,1H3,(H,26,31). The highest BCUT2D eigenvalue weighted by molar-refractivity contribution is 5.94. The van der Waals surface area contributed by atoms with Gasteiger partial charge in [-0.2, -0.15) is 0 Å². The number of nitrogens with one attached hydrogen (secondary N) is 1. The smallest absolute Gasteiger partial charge is 0.249 e. The molecule has 5 rings (SSSR count). The van der Waals surface area contributed by atoms with Gasteiger partial charge in [0.1, 0.15) is 6.54 Å². The largest absolute Gasteiger partial charge is 0.421 e. The van der Waals surface area contributed by atoms with Crippen LogP contribution in [0.15, 0.2) is 59.1 Å². The summed E-state index contributed by atoms with van der Waals surface area (Å²) in [6.45, 7) is 5.76. The van der Waals surface area contributed by atoms with Crippen LogP contribution in [0.25, 0.3) is 22.4 Å². The van der Waals surface area contributed by atoms with E-state index in [-0.39, 0.29) is 12.5 Å². The lowest BCUT2D eigenvalue weighted by Gasteiger charge is -2.28. The van der Waals surface area contributed by atoms with E-state index in [1.54, 1.807) is 6.92 Å². The number of nitrogens with zero attached hydrogens (tertiary/aromatic N) is 4. The maximum absolute atomic E-state index is 12.6. The molecule has 0 fully saturated rings. The van der Waals surface area contributed by atoms with Crippen LogP contribution in [-0.2, 0) is 24.3 Å². The van der Waals surface area contributed by atoms with Gasteiger partial charge in [0.15, 0.2) is 0 Å². The molecule has 0 bridgehead atoms. The SMILES string of the molecule is Cc1nnc(-c2cn(CC(=O)NCCCN3CCc4ccccc4C3)c3ccccc23)o1. The van der Waals surface area contributed by atoms with Crippen molar-refractivity contribution in [2.45, 2.75) is 32.9 Å². The summed E-state index contributed by atoms with van der Waals surface area (Å²) in [6, 6.07) is 16.6. The first-order valence-corrected chi connectivity index (χ1v) is 11.1. The fourth-order valence-corrected chi connectivity index (χ4v) is 4.44. The van der Waals surface area contributed by atoms with Crippen LogP contribution in [0, 0.1) is 6.92 Å². The van der Waals surface area contributed by atoms with Gasteiger partial charge in [0.2, 0.25) is 17.7 Å². The highest BCUT2D eigenvalue weighted by Gasteiger charge is 2.17. The van der Waals surface area contributed by atoms with Gasteiger partial charge < -0.3 is 14.3 Å². The number of benzene rings is 2. The van der Waals surface area contributed by atoms with Gasteiger partial charge in [-0.3, -0.25) is 9.69 Å². The summed E-state index contributed by atoms with van der Waals surface area (Å²) in [5, 5.41) is 12.1. The van der Waals surface area contributed by atoms with E-state index in [0.717, 1.165) is 48.9 Å². The molecule has 0 saturated carbocycles. The van der Waals surface area contributed by atoms with Crippen LogP contribution < -0.4 is 5.32 Å². The minimum Gasteiger partial charge on any atom is -0.421 e. The van der Waals surface area contributed by atoms with Crippen molar-refractivity contribution in [1.82, 2.24) is 25.0 Å². The van der Waals surface area contributed by atoms with Gasteiger partial charge in [-0.15, -0.1) is 10.2 Å². The second-order valence-corrected chi connectivity index (χ2v) is 8.31. The molecule has 7 nitrogen and oxygen atoms in total. The Labute approximate surface area is 187 Å². The zero-order valence-electron chi connectivity index (χ0n) is 18.3. The minimum atomic E-state index is 0.00278. The van der Waals surface area contributed by atoms with Crippen LogP contribution in [0.5, 0.6) is 0 Å². The number of aryl methyl sites for hydroxylation is 1. The highest BCUT2D eigenvalue weighted by atomic mass is 16.4. The summed E-state index contributed by atoms with van der Waals surface area (Å²) in [6.07, 6.45) is 3.96. The molecule has 0 saturated heterocycles. The van der Waals surface area contributed by atoms with Crippen LogP contribution in [-0.4, -0.2) is 45.2 Å². The van der Waals surface area contributed by atoms with Crippen LogP contribution in [0.3, 0.4) is 0 Å². The molecule has 4 aromatic rings. The Balaban J connectivity index is 1.16. The lowest BCUT2D eigenvalue weighted by molar-refractivity contribution is -0.121. The van der Waals surface area contributed by atoms with E-state index in [1.807, 2.05) is 35.0 Å². The van der Waals surface area contributed by atoms with Gasteiger partial charge in [0.05, 0.1) is 5.56 Å². The third kappa shape index (κ3) is 4.29. The monoisotopic (exact) mass is 429 g/mol. The van der Waals surface area contributed by atoms with E-state index >= 15 is 0 Å². The first kappa shape index (κ1) is 20.5. The second kappa shape index (κ2) is 8.96. The summed E-state index contributed by atoms with van der Waals surface area (Å²) >= 11 is 0. The highest BCUT2D eigenvalue weighted by Crippen LogP contribution is 2.29. The van der Waals surface area contributed by atoms with Crippen molar-refractivity contribution >= 4 is 16.8 Å². The third-order valence-electron chi connectivity index (χ3n) is 6.04. The van der Waals surface area contributed by atoms with Crippen LogP contribution in [0.4, 0.5) is 0 Å². The summed E-state index contributed by atoms with van der Waals surface area (Å²) in [4.78, 5) is 15.1.